The summed E-state index contributed by atoms with van der Waals surface area (Å²) in [5, 5.41) is 2.86. The summed E-state index contributed by atoms with van der Waals surface area (Å²) in [6, 6.07) is 9.37. The van der Waals surface area contributed by atoms with E-state index < -0.39 is 0 Å². The minimum atomic E-state index is -0.175. The van der Waals surface area contributed by atoms with Crippen molar-refractivity contribution in [1.29, 1.82) is 0 Å². The molecule has 1 N–H and O–H groups in total. The lowest BCUT2D eigenvalue weighted by Crippen LogP contribution is -2.29. The number of unbranched alkanes of at least 4 members (excludes halogenated alkanes) is 1. The van der Waals surface area contributed by atoms with E-state index in [1.165, 1.54) is 0 Å². The largest absolute Gasteiger partial charge is 0.342 e. The Morgan fingerprint density at radius 2 is 2.05 bits per heavy atom. The predicted octanol–water partition coefficient (Wildman–Crippen LogP) is 2.91. The number of nitrogens with one attached hydrogen (secondary N) is 1. The van der Waals surface area contributed by atoms with Crippen molar-refractivity contribution in [3.8, 4) is 0 Å². The highest BCUT2D eigenvalue weighted by Crippen LogP contribution is 2.28. The zero-order chi connectivity index (χ0) is 15.2. The first-order chi connectivity index (χ1) is 10.1. The number of para-hydroxylation sites is 1. The van der Waals surface area contributed by atoms with Gasteiger partial charge < -0.3 is 10.2 Å². The molecule has 0 saturated carbocycles. The maximum Gasteiger partial charge on any atom is 0.226 e. The van der Waals surface area contributed by atoms with Gasteiger partial charge in [-0.3, -0.25) is 9.59 Å². The summed E-state index contributed by atoms with van der Waals surface area (Å²) in [4.78, 5) is 26.4. The standard InChI is InChI=1S/C17H24N2O2/c1-3-4-10-19-12-13(2)15(17(19)21)11-16(20)18-14-8-6-5-7-9-14/h5-9,13,15H,3-4,10-12H2,1-2H3,(H,18,20)/t13-,15+/m0/s1. The van der Waals surface area contributed by atoms with Gasteiger partial charge in [-0.15, -0.1) is 0 Å². The smallest absolute Gasteiger partial charge is 0.226 e. The average molecular weight is 288 g/mol. The summed E-state index contributed by atoms with van der Waals surface area (Å²) < 4.78 is 0. The van der Waals surface area contributed by atoms with Crippen molar-refractivity contribution in [2.75, 3.05) is 18.4 Å². The van der Waals surface area contributed by atoms with Crippen molar-refractivity contribution >= 4 is 17.5 Å². The molecule has 1 aliphatic heterocycles. The van der Waals surface area contributed by atoms with Crippen LogP contribution in [0.1, 0.15) is 33.1 Å². The van der Waals surface area contributed by atoms with Gasteiger partial charge in [0.2, 0.25) is 11.8 Å². The molecule has 2 amide bonds. The van der Waals surface area contributed by atoms with Crippen molar-refractivity contribution in [2.45, 2.75) is 33.1 Å². The third-order valence-corrected chi connectivity index (χ3v) is 4.07. The van der Waals surface area contributed by atoms with E-state index in [0.29, 0.717) is 0 Å². The van der Waals surface area contributed by atoms with Crippen molar-refractivity contribution in [3.63, 3.8) is 0 Å². The fraction of sp³-hybridized carbons (Fsp3) is 0.529. The van der Waals surface area contributed by atoms with Crippen molar-refractivity contribution in [3.05, 3.63) is 30.3 Å². The highest BCUT2D eigenvalue weighted by molar-refractivity contribution is 5.94. The molecule has 2 rings (SSSR count). The van der Waals surface area contributed by atoms with Crippen LogP contribution >= 0.6 is 0 Å². The molecule has 114 valence electrons. The summed E-state index contributed by atoms with van der Waals surface area (Å²) in [7, 11) is 0. The summed E-state index contributed by atoms with van der Waals surface area (Å²) in [5.41, 5.74) is 0.781. The fourth-order valence-corrected chi connectivity index (χ4v) is 2.81. The van der Waals surface area contributed by atoms with Crippen LogP contribution in [-0.4, -0.2) is 29.8 Å². The van der Waals surface area contributed by atoms with Crippen molar-refractivity contribution < 1.29 is 9.59 Å². The molecule has 1 aliphatic rings. The molecule has 1 fully saturated rings. The third-order valence-electron chi connectivity index (χ3n) is 4.07. The fourth-order valence-electron chi connectivity index (χ4n) is 2.81. The number of amides is 2. The van der Waals surface area contributed by atoms with Crippen LogP contribution in [0, 0.1) is 11.8 Å². The Hall–Kier alpha value is -1.84. The van der Waals surface area contributed by atoms with Gasteiger partial charge in [0.1, 0.15) is 0 Å². The van der Waals surface area contributed by atoms with Crippen LogP contribution in [0.15, 0.2) is 30.3 Å². The number of benzene rings is 1. The lowest BCUT2D eigenvalue weighted by molar-refractivity contribution is -0.133. The third kappa shape index (κ3) is 4.06. The van der Waals surface area contributed by atoms with E-state index in [9.17, 15) is 9.59 Å². The summed E-state index contributed by atoms with van der Waals surface area (Å²) in [5.74, 6) is 0.129. The van der Waals surface area contributed by atoms with Gasteiger partial charge in [-0.1, -0.05) is 38.5 Å². The van der Waals surface area contributed by atoms with E-state index in [1.807, 2.05) is 35.2 Å². The number of nitrogens with zero attached hydrogens (tertiary/aromatic N) is 1. The van der Waals surface area contributed by atoms with Crippen LogP contribution in [0.4, 0.5) is 5.69 Å². The van der Waals surface area contributed by atoms with E-state index in [1.54, 1.807) is 0 Å². The molecule has 1 heterocycles. The lowest BCUT2D eigenvalue weighted by atomic mass is 9.94. The monoisotopic (exact) mass is 288 g/mol. The van der Waals surface area contributed by atoms with Gasteiger partial charge in [0, 0.05) is 25.2 Å². The van der Waals surface area contributed by atoms with Crippen LogP contribution in [0.25, 0.3) is 0 Å². The average Bonchev–Trinajstić information content (AvgIpc) is 2.73. The number of hydrogen-bond donors (Lipinski definition) is 1. The molecule has 2 atom stereocenters. The van der Waals surface area contributed by atoms with E-state index in [-0.39, 0.29) is 30.1 Å². The van der Waals surface area contributed by atoms with Crippen LogP contribution in [0.5, 0.6) is 0 Å². The Balaban J connectivity index is 1.90. The molecule has 0 unspecified atom stereocenters. The van der Waals surface area contributed by atoms with Crippen molar-refractivity contribution in [1.82, 2.24) is 4.90 Å². The second kappa shape index (κ2) is 7.25. The second-order valence-electron chi connectivity index (χ2n) is 5.84. The molecule has 0 aromatic heterocycles. The summed E-state index contributed by atoms with van der Waals surface area (Å²) in [6.07, 6.45) is 2.39. The van der Waals surface area contributed by atoms with E-state index in [4.69, 9.17) is 0 Å². The molecule has 0 spiro atoms. The summed E-state index contributed by atoms with van der Waals surface area (Å²) >= 11 is 0. The Labute approximate surface area is 126 Å². The molecule has 1 saturated heterocycles. The molecule has 4 heteroatoms. The number of carbonyl (C=O) groups is 2. The first kappa shape index (κ1) is 15.5. The molecule has 1 aromatic carbocycles. The lowest BCUT2D eigenvalue weighted by Gasteiger charge is -2.16. The minimum absolute atomic E-state index is 0.0799. The molecular weight excluding hydrogens is 264 g/mol. The molecule has 21 heavy (non-hydrogen) atoms. The zero-order valence-electron chi connectivity index (χ0n) is 12.8. The number of carbonyl (C=O) groups excluding carboxylic acids is 2. The van der Waals surface area contributed by atoms with Gasteiger partial charge in [0.25, 0.3) is 0 Å². The Kier molecular flexibility index (Phi) is 5.37. The highest BCUT2D eigenvalue weighted by atomic mass is 16.2. The topological polar surface area (TPSA) is 49.4 Å². The Morgan fingerprint density at radius 3 is 2.71 bits per heavy atom. The molecule has 0 bridgehead atoms. The van der Waals surface area contributed by atoms with Gasteiger partial charge in [-0.25, -0.2) is 0 Å². The van der Waals surface area contributed by atoms with E-state index in [0.717, 1.165) is 31.6 Å². The van der Waals surface area contributed by atoms with Crippen molar-refractivity contribution in [2.24, 2.45) is 11.8 Å². The number of likely N-dealkylation sites (tertiary alicyclic amines) is 1. The van der Waals surface area contributed by atoms with Gasteiger partial charge in [-0.05, 0) is 24.5 Å². The Morgan fingerprint density at radius 1 is 1.33 bits per heavy atom. The van der Waals surface area contributed by atoms with Gasteiger partial charge in [0.05, 0.1) is 5.92 Å². The molecule has 0 aliphatic carbocycles. The second-order valence-corrected chi connectivity index (χ2v) is 5.84. The van der Waals surface area contributed by atoms with Crippen LogP contribution < -0.4 is 5.32 Å². The molecule has 0 radical (unpaired) electrons. The SMILES string of the molecule is CCCCN1C[C@H](C)[C@@H](CC(=O)Nc2ccccc2)C1=O. The quantitative estimate of drug-likeness (QED) is 0.875. The van der Waals surface area contributed by atoms with E-state index in [2.05, 4.69) is 19.2 Å². The van der Waals surface area contributed by atoms with Gasteiger partial charge in [0.15, 0.2) is 0 Å². The normalized spacial score (nSPS) is 21.6. The Bertz CT molecular complexity index is 487. The number of rotatable bonds is 6. The molecule has 4 nitrogen and oxygen atoms in total. The predicted molar refractivity (Wildman–Crippen MR) is 83.8 cm³/mol. The van der Waals surface area contributed by atoms with Gasteiger partial charge in [-0.2, -0.15) is 0 Å². The minimum Gasteiger partial charge on any atom is -0.342 e. The molecular formula is C17H24N2O2. The van der Waals surface area contributed by atoms with Crippen LogP contribution in [-0.2, 0) is 9.59 Å². The van der Waals surface area contributed by atoms with Gasteiger partial charge >= 0.3 is 0 Å². The summed E-state index contributed by atoms with van der Waals surface area (Å²) in [6.45, 7) is 5.78. The van der Waals surface area contributed by atoms with E-state index >= 15 is 0 Å². The zero-order valence-corrected chi connectivity index (χ0v) is 12.8. The first-order valence-electron chi connectivity index (χ1n) is 7.75. The maximum atomic E-state index is 12.4. The van der Waals surface area contributed by atoms with Crippen LogP contribution in [0.3, 0.4) is 0 Å². The number of hydrogen-bond acceptors (Lipinski definition) is 2. The highest BCUT2D eigenvalue weighted by Gasteiger charge is 2.38. The maximum absolute atomic E-state index is 12.4. The number of anilines is 1. The molecule has 1 aromatic rings. The first-order valence-corrected chi connectivity index (χ1v) is 7.75. The van der Waals surface area contributed by atoms with Crippen LogP contribution in [0.2, 0.25) is 0 Å².